The van der Waals surface area contributed by atoms with Gasteiger partial charge in [0.2, 0.25) is 0 Å². The molecule has 1 radical (unpaired) electrons. The van der Waals surface area contributed by atoms with Crippen molar-refractivity contribution in [3.63, 3.8) is 0 Å². The first-order valence-electron chi connectivity index (χ1n) is 4.25. The summed E-state index contributed by atoms with van der Waals surface area (Å²) in [6.07, 6.45) is 4.59. The number of hydrogen-bond donors (Lipinski definition) is 0. The van der Waals surface area contributed by atoms with Gasteiger partial charge in [0, 0.05) is 27.8 Å². The van der Waals surface area contributed by atoms with Gasteiger partial charge in [0.25, 0.3) is 0 Å². The van der Waals surface area contributed by atoms with Crippen LogP contribution in [0, 0.1) is 6.42 Å². The number of ether oxygens (including phenoxy) is 3. The van der Waals surface area contributed by atoms with E-state index >= 15 is 0 Å². The predicted molar refractivity (Wildman–Crippen MR) is 45.9 cm³/mol. The highest BCUT2D eigenvalue weighted by Crippen LogP contribution is 2.24. The summed E-state index contributed by atoms with van der Waals surface area (Å²) in [6.45, 7) is 0. The molecule has 1 aliphatic carbocycles. The van der Waals surface area contributed by atoms with Crippen molar-refractivity contribution in [2.24, 2.45) is 0 Å². The van der Waals surface area contributed by atoms with Gasteiger partial charge >= 0.3 is 0 Å². The highest BCUT2D eigenvalue weighted by Gasteiger charge is 2.30. The molecule has 1 rings (SSSR count). The van der Waals surface area contributed by atoms with Crippen LogP contribution in [0.1, 0.15) is 12.8 Å². The van der Waals surface area contributed by atoms with Gasteiger partial charge in [0.05, 0.1) is 18.3 Å². The summed E-state index contributed by atoms with van der Waals surface area (Å²) in [5, 5.41) is 0. The Morgan fingerprint density at radius 2 is 1.75 bits per heavy atom. The Labute approximate surface area is 74.0 Å². The van der Waals surface area contributed by atoms with E-state index in [4.69, 9.17) is 14.2 Å². The quantitative estimate of drug-likeness (QED) is 0.638. The summed E-state index contributed by atoms with van der Waals surface area (Å²) >= 11 is 0. The highest BCUT2D eigenvalue weighted by molar-refractivity contribution is 4.95. The zero-order valence-corrected chi connectivity index (χ0v) is 7.95. The fraction of sp³-hybridized carbons (Fsp3) is 0.889. The van der Waals surface area contributed by atoms with Crippen LogP contribution in [0.5, 0.6) is 0 Å². The second-order valence-electron chi connectivity index (χ2n) is 3.02. The SMILES string of the molecule is COC1[CH]C(OC)C(OC)CC1. The average Bonchev–Trinajstić information content (AvgIpc) is 2.16. The van der Waals surface area contributed by atoms with Gasteiger partial charge in [0.15, 0.2) is 0 Å². The summed E-state index contributed by atoms with van der Waals surface area (Å²) in [5.74, 6) is 0. The van der Waals surface area contributed by atoms with Gasteiger partial charge in [-0.3, -0.25) is 0 Å². The van der Waals surface area contributed by atoms with Gasteiger partial charge in [-0.05, 0) is 12.8 Å². The average molecular weight is 173 g/mol. The van der Waals surface area contributed by atoms with Crippen LogP contribution in [0.4, 0.5) is 0 Å². The highest BCUT2D eigenvalue weighted by atomic mass is 16.5. The van der Waals surface area contributed by atoms with E-state index in [1.807, 2.05) is 0 Å². The van der Waals surface area contributed by atoms with E-state index in [2.05, 4.69) is 6.42 Å². The lowest BCUT2D eigenvalue weighted by Crippen LogP contribution is -2.39. The second-order valence-corrected chi connectivity index (χ2v) is 3.02. The third kappa shape index (κ3) is 2.19. The fourth-order valence-corrected chi connectivity index (χ4v) is 1.60. The summed E-state index contributed by atoms with van der Waals surface area (Å²) in [5.41, 5.74) is 0. The summed E-state index contributed by atoms with van der Waals surface area (Å²) in [4.78, 5) is 0. The maximum absolute atomic E-state index is 5.28. The Morgan fingerprint density at radius 1 is 1.00 bits per heavy atom. The van der Waals surface area contributed by atoms with E-state index in [-0.39, 0.29) is 18.3 Å². The first kappa shape index (κ1) is 9.96. The Morgan fingerprint density at radius 3 is 2.25 bits per heavy atom. The Hall–Kier alpha value is -0.120. The van der Waals surface area contributed by atoms with Gasteiger partial charge in [-0.2, -0.15) is 0 Å². The van der Waals surface area contributed by atoms with Crippen molar-refractivity contribution in [3.05, 3.63) is 6.42 Å². The van der Waals surface area contributed by atoms with Gasteiger partial charge in [-0.15, -0.1) is 0 Å². The van der Waals surface area contributed by atoms with Gasteiger partial charge in [-0.1, -0.05) is 0 Å². The zero-order valence-electron chi connectivity index (χ0n) is 7.95. The first-order chi connectivity index (χ1) is 5.81. The molecule has 0 saturated heterocycles. The molecule has 0 aliphatic heterocycles. The van der Waals surface area contributed by atoms with Crippen LogP contribution in [-0.4, -0.2) is 39.6 Å². The third-order valence-corrected chi connectivity index (χ3v) is 2.38. The minimum Gasteiger partial charge on any atom is -0.381 e. The fourth-order valence-electron chi connectivity index (χ4n) is 1.60. The monoisotopic (exact) mass is 173 g/mol. The van der Waals surface area contributed by atoms with E-state index in [0.29, 0.717) is 0 Å². The molecule has 0 aromatic rings. The molecular weight excluding hydrogens is 156 g/mol. The van der Waals surface area contributed by atoms with Gasteiger partial charge < -0.3 is 14.2 Å². The molecule has 0 amide bonds. The number of methoxy groups -OCH3 is 3. The Kier molecular flexibility index (Phi) is 3.98. The van der Waals surface area contributed by atoms with Crippen LogP contribution in [0.2, 0.25) is 0 Å². The summed E-state index contributed by atoms with van der Waals surface area (Å²) < 4.78 is 15.8. The standard InChI is InChI=1S/C9H17O3/c1-10-7-4-5-8(11-2)9(6-7)12-3/h6-9H,4-5H2,1-3H3. The van der Waals surface area contributed by atoms with Crippen molar-refractivity contribution in [1.29, 1.82) is 0 Å². The molecular formula is C9H17O3. The minimum atomic E-state index is 0.0775. The van der Waals surface area contributed by atoms with Crippen LogP contribution in [0.25, 0.3) is 0 Å². The lowest BCUT2D eigenvalue weighted by Gasteiger charge is -2.33. The van der Waals surface area contributed by atoms with Gasteiger partial charge in [0.1, 0.15) is 0 Å². The first-order valence-corrected chi connectivity index (χ1v) is 4.25. The van der Waals surface area contributed by atoms with Crippen molar-refractivity contribution >= 4 is 0 Å². The molecule has 0 bridgehead atoms. The molecule has 3 unspecified atom stereocenters. The van der Waals surface area contributed by atoms with E-state index in [9.17, 15) is 0 Å². The Balaban J connectivity index is 2.41. The largest absolute Gasteiger partial charge is 0.381 e. The van der Waals surface area contributed by atoms with Crippen LogP contribution < -0.4 is 0 Å². The van der Waals surface area contributed by atoms with E-state index in [1.165, 1.54) is 0 Å². The molecule has 1 fully saturated rings. The normalized spacial score (nSPS) is 36.8. The predicted octanol–water partition coefficient (Wildman–Crippen LogP) is 1.03. The van der Waals surface area contributed by atoms with Crippen molar-refractivity contribution in [2.75, 3.05) is 21.3 Å². The number of rotatable bonds is 3. The van der Waals surface area contributed by atoms with Crippen LogP contribution in [0.3, 0.4) is 0 Å². The van der Waals surface area contributed by atoms with Crippen LogP contribution in [0.15, 0.2) is 0 Å². The molecule has 0 N–H and O–H groups in total. The molecule has 0 spiro atoms. The molecule has 1 aliphatic rings. The van der Waals surface area contributed by atoms with E-state index in [1.54, 1.807) is 21.3 Å². The van der Waals surface area contributed by atoms with Crippen molar-refractivity contribution in [1.82, 2.24) is 0 Å². The maximum Gasteiger partial charge on any atom is 0.0890 e. The van der Waals surface area contributed by atoms with Crippen molar-refractivity contribution in [2.45, 2.75) is 31.2 Å². The molecule has 3 atom stereocenters. The minimum absolute atomic E-state index is 0.0775. The molecule has 0 aromatic carbocycles. The van der Waals surface area contributed by atoms with Crippen molar-refractivity contribution in [3.8, 4) is 0 Å². The molecule has 12 heavy (non-hydrogen) atoms. The molecule has 3 nitrogen and oxygen atoms in total. The second kappa shape index (κ2) is 4.80. The lowest BCUT2D eigenvalue weighted by atomic mass is 9.92. The summed E-state index contributed by atoms with van der Waals surface area (Å²) in [7, 11) is 5.14. The van der Waals surface area contributed by atoms with Gasteiger partial charge in [-0.25, -0.2) is 0 Å². The summed E-state index contributed by atoms with van der Waals surface area (Å²) in [6, 6.07) is 0. The molecule has 71 valence electrons. The van der Waals surface area contributed by atoms with Crippen LogP contribution in [-0.2, 0) is 14.2 Å². The zero-order chi connectivity index (χ0) is 8.97. The number of hydrogen-bond acceptors (Lipinski definition) is 3. The van der Waals surface area contributed by atoms with E-state index < -0.39 is 0 Å². The Bertz CT molecular complexity index is 127. The van der Waals surface area contributed by atoms with Crippen LogP contribution >= 0.6 is 0 Å². The molecule has 3 heteroatoms. The smallest absolute Gasteiger partial charge is 0.0890 e. The van der Waals surface area contributed by atoms with E-state index in [0.717, 1.165) is 12.8 Å². The molecule has 0 heterocycles. The molecule has 1 saturated carbocycles. The molecule has 0 aromatic heterocycles. The lowest BCUT2D eigenvalue weighted by molar-refractivity contribution is -0.0619. The maximum atomic E-state index is 5.28. The van der Waals surface area contributed by atoms with Crippen molar-refractivity contribution < 1.29 is 14.2 Å². The third-order valence-electron chi connectivity index (χ3n) is 2.38. The topological polar surface area (TPSA) is 27.7 Å².